The summed E-state index contributed by atoms with van der Waals surface area (Å²) in [5.41, 5.74) is 4.97. The summed E-state index contributed by atoms with van der Waals surface area (Å²) in [7, 11) is 0. The van der Waals surface area contributed by atoms with Crippen LogP contribution >= 0.6 is 12.4 Å². The van der Waals surface area contributed by atoms with E-state index in [-0.39, 0.29) is 30.0 Å². The fourth-order valence-electron chi connectivity index (χ4n) is 0.404. The maximum Gasteiger partial charge on any atom is 0.186 e. The second-order valence-corrected chi connectivity index (χ2v) is 3.88. The van der Waals surface area contributed by atoms with Crippen LogP contribution in [0.15, 0.2) is 0 Å². The van der Waals surface area contributed by atoms with Crippen molar-refractivity contribution in [1.82, 2.24) is 5.32 Å². The van der Waals surface area contributed by atoms with Crippen molar-refractivity contribution in [3.05, 3.63) is 0 Å². The lowest BCUT2D eigenvalue weighted by Crippen LogP contribution is -2.44. The molecule has 0 aliphatic carbocycles. The maximum atomic E-state index is 8.06. The van der Waals surface area contributed by atoms with E-state index in [1.807, 2.05) is 20.8 Å². The molecule has 0 aliphatic rings. The van der Waals surface area contributed by atoms with E-state index >= 15 is 0 Å². The molecule has 13 heavy (non-hydrogen) atoms. The number of hydrogen-bond acceptors (Lipinski definition) is 2. The third-order valence-electron chi connectivity index (χ3n) is 0.510. The molecule has 0 radical (unpaired) electrons. The van der Waals surface area contributed by atoms with Gasteiger partial charge in [0.25, 0.3) is 0 Å². The molecule has 5 N–H and O–H groups in total. The van der Waals surface area contributed by atoms with Gasteiger partial charge in [0.05, 0.1) is 0 Å². The summed E-state index contributed by atoms with van der Waals surface area (Å²) in [6, 6.07) is 0. The number of aliphatic hydroxyl groups is 1. The summed E-state index contributed by atoms with van der Waals surface area (Å²) in [4.78, 5) is 0. The van der Waals surface area contributed by atoms with Crippen LogP contribution in [0.1, 0.15) is 34.6 Å². The Morgan fingerprint density at radius 3 is 1.62 bits per heavy atom. The Morgan fingerprint density at radius 1 is 1.38 bits per heavy atom. The molecule has 0 aliphatic heterocycles. The van der Waals surface area contributed by atoms with Gasteiger partial charge < -0.3 is 16.2 Å². The Kier molecular flexibility index (Phi) is 11.5. The Balaban J connectivity index is -0.000000173. The summed E-state index contributed by atoms with van der Waals surface area (Å²) in [6.07, 6.45) is -0.167. The highest BCUT2D eigenvalue weighted by Gasteiger charge is 2.07. The molecule has 0 spiro atoms. The van der Waals surface area contributed by atoms with Crippen LogP contribution in [0.5, 0.6) is 0 Å². The fourth-order valence-corrected chi connectivity index (χ4v) is 0.404. The van der Waals surface area contributed by atoms with E-state index in [2.05, 4.69) is 5.32 Å². The van der Waals surface area contributed by atoms with Crippen molar-refractivity contribution in [2.75, 3.05) is 0 Å². The Morgan fingerprint density at radius 2 is 1.62 bits per heavy atom. The molecule has 0 unspecified atom stereocenters. The molecular weight excluding hydrogens is 190 g/mol. The van der Waals surface area contributed by atoms with Gasteiger partial charge in [0.2, 0.25) is 0 Å². The molecule has 0 atom stereocenters. The van der Waals surface area contributed by atoms with Crippen molar-refractivity contribution in [3.63, 3.8) is 0 Å². The van der Waals surface area contributed by atoms with Crippen LogP contribution < -0.4 is 11.1 Å². The van der Waals surface area contributed by atoms with Gasteiger partial charge in [-0.1, -0.05) is 0 Å². The van der Waals surface area contributed by atoms with Crippen LogP contribution in [-0.2, 0) is 0 Å². The van der Waals surface area contributed by atoms with Crippen LogP contribution in [-0.4, -0.2) is 22.7 Å². The summed E-state index contributed by atoms with van der Waals surface area (Å²) >= 11 is 0. The fraction of sp³-hybridized carbons (Fsp3) is 0.875. The lowest BCUT2D eigenvalue weighted by molar-refractivity contribution is 0.216. The van der Waals surface area contributed by atoms with Gasteiger partial charge in [0.1, 0.15) is 0 Å². The number of aliphatic hydroxyl groups excluding tert-OH is 1. The lowest BCUT2D eigenvalue weighted by atomic mass is 10.1. The van der Waals surface area contributed by atoms with Crippen LogP contribution in [0.25, 0.3) is 0 Å². The molecule has 0 aromatic carbocycles. The first-order chi connectivity index (χ1) is 5.15. The predicted octanol–water partition coefficient (Wildman–Crippen LogP) is 1.08. The average molecular weight is 212 g/mol. The van der Waals surface area contributed by atoms with E-state index < -0.39 is 0 Å². The van der Waals surface area contributed by atoms with Crippen LogP contribution in [0.3, 0.4) is 0 Å². The smallest absolute Gasteiger partial charge is 0.186 e. The van der Waals surface area contributed by atoms with Gasteiger partial charge in [-0.2, -0.15) is 0 Å². The van der Waals surface area contributed by atoms with E-state index in [1.54, 1.807) is 13.8 Å². The van der Waals surface area contributed by atoms with Crippen molar-refractivity contribution in [2.45, 2.75) is 46.3 Å². The average Bonchev–Trinajstić information content (AvgIpc) is 1.52. The van der Waals surface area contributed by atoms with E-state index in [0.29, 0.717) is 0 Å². The van der Waals surface area contributed by atoms with Gasteiger partial charge >= 0.3 is 0 Å². The molecule has 5 heteroatoms. The number of halogens is 1. The molecule has 0 aromatic rings. The summed E-state index contributed by atoms with van der Waals surface area (Å²) in [5.74, 6) is 0.0255. The van der Waals surface area contributed by atoms with E-state index in [0.717, 1.165) is 0 Å². The summed E-state index contributed by atoms with van der Waals surface area (Å²) in [6.45, 7) is 9.30. The number of hydrogen-bond donors (Lipinski definition) is 4. The van der Waals surface area contributed by atoms with Crippen molar-refractivity contribution in [2.24, 2.45) is 5.73 Å². The third-order valence-corrected chi connectivity index (χ3v) is 0.510. The van der Waals surface area contributed by atoms with Crippen molar-refractivity contribution in [3.8, 4) is 0 Å². The second-order valence-electron chi connectivity index (χ2n) is 3.88. The molecule has 82 valence electrons. The minimum atomic E-state index is -0.167. The van der Waals surface area contributed by atoms with Gasteiger partial charge in [0, 0.05) is 11.6 Å². The predicted molar refractivity (Wildman–Crippen MR) is 59.4 cm³/mol. The molecule has 0 amide bonds. The Hall–Kier alpha value is -0.480. The van der Waals surface area contributed by atoms with Gasteiger partial charge in [-0.25, -0.2) is 0 Å². The molecule has 0 heterocycles. The first kappa shape index (κ1) is 18.3. The SMILES string of the molecule is CC(C)(C)NC(=N)N.CC(C)O.Cl. The Bertz CT molecular complexity index is 129. The van der Waals surface area contributed by atoms with Crippen molar-refractivity contribution < 1.29 is 5.11 Å². The van der Waals surface area contributed by atoms with Crippen LogP contribution in [0.2, 0.25) is 0 Å². The molecule has 0 fully saturated rings. The van der Waals surface area contributed by atoms with Gasteiger partial charge in [0.15, 0.2) is 5.96 Å². The first-order valence-corrected chi connectivity index (χ1v) is 3.95. The lowest BCUT2D eigenvalue weighted by Gasteiger charge is -2.19. The first-order valence-electron chi connectivity index (χ1n) is 3.95. The summed E-state index contributed by atoms with van der Waals surface area (Å²) in [5, 5.41) is 17.6. The molecule has 0 saturated heterocycles. The monoisotopic (exact) mass is 211 g/mol. The zero-order valence-corrected chi connectivity index (χ0v) is 9.83. The number of nitrogens with one attached hydrogen (secondary N) is 2. The molecule has 0 bridgehead atoms. The topological polar surface area (TPSA) is 82.1 Å². The third kappa shape index (κ3) is 51.1. The quantitative estimate of drug-likeness (QED) is 0.358. The minimum Gasteiger partial charge on any atom is -0.394 e. The number of guanidine groups is 1. The zero-order chi connectivity index (χ0) is 10.4. The van der Waals surface area contributed by atoms with E-state index in [9.17, 15) is 0 Å². The molecule has 0 aromatic heterocycles. The Labute approximate surface area is 86.8 Å². The van der Waals surface area contributed by atoms with Gasteiger partial charge in [-0.05, 0) is 34.6 Å². The highest BCUT2D eigenvalue weighted by atomic mass is 35.5. The molecular formula is C8H22ClN3O. The molecule has 0 rings (SSSR count). The van der Waals surface area contributed by atoms with E-state index in [4.69, 9.17) is 16.2 Å². The van der Waals surface area contributed by atoms with E-state index in [1.165, 1.54) is 0 Å². The largest absolute Gasteiger partial charge is 0.394 e. The highest BCUT2D eigenvalue weighted by Crippen LogP contribution is 1.95. The zero-order valence-electron chi connectivity index (χ0n) is 9.01. The van der Waals surface area contributed by atoms with Crippen molar-refractivity contribution in [1.29, 1.82) is 5.41 Å². The van der Waals surface area contributed by atoms with Gasteiger partial charge in [-0.15, -0.1) is 12.4 Å². The maximum absolute atomic E-state index is 8.06. The standard InChI is InChI=1S/C5H13N3.C3H8O.ClH/c1-5(2,3)8-4(6)7;1-3(2)4;/h1-3H3,(H4,6,7,8);3-4H,1-2H3;1H. The summed E-state index contributed by atoms with van der Waals surface area (Å²) < 4.78 is 0. The van der Waals surface area contributed by atoms with Gasteiger partial charge in [-0.3, -0.25) is 5.41 Å². The second kappa shape index (κ2) is 8.13. The van der Waals surface area contributed by atoms with Crippen LogP contribution in [0, 0.1) is 5.41 Å². The van der Waals surface area contributed by atoms with Crippen molar-refractivity contribution >= 4 is 18.4 Å². The number of nitrogens with two attached hydrogens (primary N) is 1. The molecule has 0 saturated carbocycles. The normalized spacial score (nSPS) is 9.46. The highest BCUT2D eigenvalue weighted by molar-refractivity contribution is 5.85. The van der Waals surface area contributed by atoms with Crippen LogP contribution in [0.4, 0.5) is 0 Å². The number of rotatable bonds is 0. The minimum absolute atomic E-state index is 0. The molecule has 4 nitrogen and oxygen atoms in total.